The van der Waals surface area contributed by atoms with Crippen molar-refractivity contribution in [1.82, 2.24) is 15.1 Å². The molecule has 2 N–H and O–H groups in total. The maximum absolute atomic E-state index is 5.95. The van der Waals surface area contributed by atoms with Gasteiger partial charge in [-0.15, -0.1) is 23.1 Å². The van der Waals surface area contributed by atoms with Crippen LogP contribution in [0.25, 0.3) is 11.6 Å². The fourth-order valence-electron chi connectivity index (χ4n) is 1.62. The second-order valence-electron chi connectivity index (χ2n) is 4.09. The molecule has 0 saturated heterocycles. The minimum atomic E-state index is 0.413. The van der Waals surface area contributed by atoms with Crippen LogP contribution in [0.4, 0.5) is 0 Å². The molecule has 108 valence electrons. The van der Waals surface area contributed by atoms with Gasteiger partial charge < -0.3 is 10.3 Å². The van der Waals surface area contributed by atoms with Crippen LogP contribution in [0.3, 0.4) is 0 Å². The van der Waals surface area contributed by atoms with Crippen molar-refractivity contribution in [2.75, 3.05) is 0 Å². The number of thiazole rings is 1. The summed E-state index contributed by atoms with van der Waals surface area (Å²) in [6.45, 7) is 0.413. The number of halogens is 1. The molecule has 0 radical (unpaired) electrons. The van der Waals surface area contributed by atoms with Crippen LogP contribution in [0.2, 0.25) is 5.02 Å². The minimum absolute atomic E-state index is 0.413. The van der Waals surface area contributed by atoms with E-state index in [0.29, 0.717) is 34.7 Å². The minimum Gasteiger partial charge on any atom is -0.332 e. The van der Waals surface area contributed by atoms with E-state index in [1.807, 2.05) is 29.6 Å². The van der Waals surface area contributed by atoms with Gasteiger partial charge in [0.2, 0.25) is 0 Å². The SMILES string of the molecule is NCc1nc(-c2nc(CSc3cccc(Cl)c3)no2)cs1. The van der Waals surface area contributed by atoms with E-state index in [0.717, 1.165) is 9.90 Å². The highest BCUT2D eigenvalue weighted by atomic mass is 35.5. The van der Waals surface area contributed by atoms with Crippen molar-refractivity contribution in [1.29, 1.82) is 0 Å². The molecule has 0 aliphatic heterocycles. The monoisotopic (exact) mass is 338 g/mol. The first-order valence-corrected chi connectivity index (χ1v) is 8.34. The molecular weight excluding hydrogens is 328 g/mol. The summed E-state index contributed by atoms with van der Waals surface area (Å²) in [4.78, 5) is 9.72. The number of rotatable bonds is 5. The van der Waals surface area contributed by atoms with Crippen molar-refractivity contribution in [3.8, 4) is 11.6 Å². The van der Waals surface area contributed by atoms with Gasteiger partial charge in [-0.25, -0.2) is 4.98 Å². The lowest BCUT2D eigenvalue weighted by Gasteiger charge is -1.98. The van der Waals surface area contributed by atoms with Crippen LogP contribution < -0.4 is 5.73 Å². The number of nitrogens with zero attached hydrogens (tertiary/aromatic N) is 3. The van der Waals surface area contributed by atoms with Crippen LogP contribution in [0.1, 0.15) is 10.8 Å². The molecule has 0 spiro atoms. The number of nitrogens with two attached hydrogens (primary N) is 1. The predicted molar refractivity (Wildman–Crippen MR) is 84.3 cm³/mol. The average Bonchev–Trinajstić information content (AvgIpc) is 3.14. The van der Waals surface area contributed by atoms with Crippen molar-refractivity contribution < 1.29 is 4.52 Å². The Balaban J connectivity index is 1.67. The van der Waals surface area contributed by atoms with Gasteiger partial charge in [-0.05, 0) is 18.2 Å². The van der Waals surface area contributed by atoms with Crippen LogP contribution in [-0.2, 0) is 12.3 Å². The summed E-state index contributed by atoms with van der Waals surface area (Å²) in [5, 5.41) is 7.38. The van der Waals surface area contributed by atoms with E-state index in [-0.39, 0.29) is 0 Å². The van der Waals surface area contributed by atoms with Crippen molar-refractivity contribution in [2.24, 2.45) is 5.73 Å². The van der Waals surface area contributed by atoms with E-state index in [4.69, 9.17) is 21.9 Å². The van der Waals surface area contributed by atoms with E-state index >= 15 is 0 Å². The summed E-state index contributed by atoms with van der Waals surface area (Å²) in [5.74, 6) is 1.66. The molecule has 8 heteroatoms. The quantitative estimate of drug-likeness (QED) is 0.716. The van der Waals surface area contributed by atoms with E-state index < -0.39 is 0 Å². The Morgan fingerprint density at radius 2 is 2.24 bits per heavy atom. The fraction of sp³-hybridized carbons (Fsp3) is 0.154. The van der Waals surface area contributed by atoms with Gasteiger partial charge >= 0.3 is 0 Å². The van der Waals surface area contributed by atoms with Crippen LogP contribution in [0, 0.1) is 0 Å². The Labute approximate surface area is 134 Å². The first kappa shape index (κ1) is 14.5. The molecule has 0 aliphatic rings. The second kappa shape index (κ2) is 6.57. The lowest BCUT2D eigenvalue weighted by atomic mass is 10.4. The Kier molecular flexibility index (Phi) is 4.54. The Morgan fingerprint density at radius 3 is 3.00 bits per heavy atom. The molecule has 0 atom stereocenters. The Hall–Kier alpha value is -1.41. The maximum Gasteiger partial charge on any atom is 0.277 e. The Morgan fingerprint density at radius 1 is 1.33 bits per heavy atom. The smallest absolute Gasteiger partial charge is 0.277 e. The van der Waals surface area contributed by atoms with Gasteiger partial charge in [-0.3, -0.25) is 0 Å². The summed E-state index contributed by atoms with van der Waals surface area (Å²) in [6.07, 6.45) is 0. The molecular formula is C13H11ClN4OS2. The van der Waals surface area contributed by atoms with Crippen LogP contribution in [0.5, 0.6) is 0 Å². The number of aromatic nitrogens is 3. The fourth-order valence-corrected chi connectivity index (χ4v) is 3.33. The highest BCUT2D eigenvalue weighted by Gasteiger charge is 2.12. The van der Waals surface area contributed by atoms with E-state index in [9.17, 15) is 0 Å². The first-order valence-electron chi connectivity index (χ1n) is 6.10. The summed E-state index contributed by atoms with van der Waals surface area (Å²) in [6, 6.07) is 7.65. The molecule has 3 aromatic rings. The van der Waals surface area contributed by atoms with E-state index in [2.05, 4.69) is 15.1 Å². The van der Waals surface area contributed by atoms with Crippen LogP contribution >= 0.6 is 34.7 Å². The molecule has 21 heavy (non-hydrogen) atoms. The summed E-state index contributed by atoms with van der Waals surface area (Å²) in [7, 11) is 0. The molecule has 0 fully saturated rings. The summed E-state index contributed by atoms with van der Waals surface area (Å²) in [5.41, 5.74) is 6.21. The second-order valence-corrected chi connectivity index (χ2v) is 6.52. The molecule has 2 aromatic heterocycles. The normalized spacial score (nSPS) is 11.0. The molecule has 0 unspecified atom stereocenters. The third kappa shape index (κ3) is 3.62. The van der Waals surface area contributed by atoms with Crippen molar-refractivity contribution in [3.05, 3.63) is 45.5 Å². The largest absolute Gasteiger partial charge is 0.332 e. The first-order chi connectivity index (χ1) is 10.2. The van der Waals surface area contributed by atoms with E-state index in [1.165, 1.54) is 11.3 Å². The third-order valence-electron chi connectivity index (χ3n) is 2.58. The van der Waals surface area contributed by atoms with Crippen LogP contribution in [0.15, 0.2) is 39.1 Å². The van der Waals surface area contributed by atoms with Gasteiger partial charge in [0.1, 0.15) is 10.7 Å². The van der Waals surface area contributed by atoms with Crippen molar-refractivity contribution in [2.45, 2.75) is 17.2 Å². The van der Waals surface area contributed by atoms with Crippen molar-refractivity contribution in [3.63, 3.8) is 0 Å². The molecule has 2 heterocycles. The van der Waals surface area contributed by atoms with Gasteiger partial charge in [0, 0.05) is 21.8 Å². The number of hydrogen-bond donors (Lipinski definition) is 1. The topological polar surface area (TPSA) is 77.8 Å². The molecule has 3 rings (SSSR count). The summed E-state index contributed by atoms with van der Waals surface area (Å²) < 4.78 is 5.22. The zero-order valence-electron chi connectivity index (χ0n) is 10.8. The molecule has 5 nitrogen and oxygen atoms in total. The lowest BCUT2D eigenvalue weighted by Crippen LogP contribution is -1.94. The van der Waals surface area contributed by atoms with Gasteiger partial charge in [-0.1, -0.05) is 22.8 Å². The molecule has 0 bridgehead atoms. The van der Waals surface area contributed by atoms with Gasteiger partial charge in [0.25, 0.3) is 5.89 Å². The van der Waals surface area contributed by atoms with Crippen LogP contribution in [-0.4, -0.2) is 15.1 Å². The molecule has 1 aromatic carbocycles. The lowest BCUT2D eigenvalue weighted by molar-refractivity contribution is 0.424. The van der Waals surface area contributed by atoms with E-state index in [1.54, 1.807) is 11.8 Å². The maximum atomic E-state index is 5.95. The number of hydrogen-bond acceptors (Lipinski definition) is 7. The Bertz CT molecular complexity index is 743. The van der Waals surface area contributed by atoms with Gasteiger partial charge in [0.15, 0.2) is 5.82 Å². The number of benzene rings is 1. The van der Waals surface area contributed by atoms with Gasteiger partial charge in [-0.2, -0.15) is 4.98 Å². The van der Waals surface area contributed by atoms with Crippen molar-refractivity contribution >= 4 is 34.7 Å². The summed E-state index contributed by atoms with van der Waals surface area (Å²) >= 11 is 9.03. The standard InChI is InChI=1S/C13H11ClN4OS2/c14-8-2-1-3-9(4-8)20-7-11-17-13(19-18-11)10-6-21-12(5-15)16-10/h1-4,6H,5,7,15H2. The zero-order valence-corrected chi connectivity index (χ0v) is 13.2. The highest BCUT2D eigenvalue weighted by molar-refractivity contribution is 7.98. The average molecular weight is 339 g/mol. The predicted octanol–water partition coefficient (Wildman–Crippen LogP) is 3.60. The molecule has 0 saturated carbocycles. The zero-order chi connectivity index (χ0) is 14.7. The molecule has 0 amide bonds. The third-order valence-corrected chi connectivity index (χ3v) is 4.67. The number of thioether (sulfide) groups is 1. The highest BCUT2D eigenvalue weighted by Crippen LogP contribution is 2.26. The van der Waals surface area contributed by atoms with Gasteiger partial charge in [0.05, 0.1) is 5.75 Å². The molecule has 0 aliphatic carbocycles.